The second-order valence-electron chi connectivity index (χ2n) is 2.58. The Morgan fingerprint density at radius 3 is 2.67 bits per heavy atom. The third kappa shape index (κ3) is 2.22. The zero-order valence-corrected chi connectivity index (χ0v) is 6.19. The smallest absolute Gasteiger partial charge is 0.316 e. The Labute approximate surface area is 59.8 Å². The Morgan fingerprint density at radius 2 is 2.33 bits per heavy atom. The number of hydrogen-bond acceptors (Lipinski definition) is 1. The van der Waals surface area contributed by atoms with E-state index in [1.807, 2.05) is 0 Å². The lowest BCUT2D eigenvalue weighted by atomic mass is 10.4. The first-order chi connectivity index (χ1) is 4.20. The van der Waals surface area contributed by atoms with E-state index in [1.165, 1.54) is 12.8 Å². The molecule has 2 nitrogen and oxygen atoms in total. The van der Waals surface area contributed by atoms with Crippen molar-refractivity contribution in [1.29, 1.82) is 0 Å². The van der Waals surface area contributed by atoms with E-state index >= 15 is 0 Å². The summed E-state index contributed by atoms with van der Waals surface area (Å²) in [4.78, 5) is 12.0. The largest absolute Gasteiger partial charge is 0.332 e. The highest BCUT2D eigenvalue weighted by Crippen LogP contribution is 2.29. The SMILES string of the molecule is CN(CC1CC1)C(=O)Cl. The van der Waals surface area contributed by atoms with Crippen molar-refractivity contribution in [2.75, 3.05) is 13.6 Å². The molecule has 1 amide bonds. The van der Waals surface area contributed by atoms with Gasteiger partial charge in [0.2, 0.25) is 0 Å². The molecule has 0 unspecified atom stereocenters. The van der Waals surface area contributed by atoms with Crippen molar-refractivity contribution in [3.8, 4) is 0 Å². The lowest BCUT2D eigenvalue weighted by Crippen LogP contribution is -2.23. The van der Waals surface area contributed by atoms with E-state index in [9.17, 15) is 4.79 Å². The Bertz CT molecular complexity index is 122. The van der Waals surface area contributed by atoms with Crippen molar-refractivity contribution in [3.05, 3.63) is 0 Å². The summed E-state index contributed by atoms with van der Waals surface area (Å²) >= 11 is 5.19. The fourth-order valence-electron chi connectivity index (χ4n) is 0.759. The maximum atomic E-state index is 10.4. The van der Waals surface area contributed by atoms with Gasteiger partial charge in [0, 0.05) is 13.6 Å². The number of rotatable bonds is 2. The Hall–Kier alpha value is -0.240. The summed E-state index contributed by atoms with van der Waals surface area (Å²) < 4.78 is 0. The molecule has 3 heteroatoms. The van der Waals surface area contributed by atoms with Crippen LogP contribution in [-0.2, 0) is 0 Å². The molecule has 1 saturated carbocycles. The van der Waals surface area contributed by atoms with Gasteiger partial charge >= 0.3 is 5.37 Å². The number of carbonyl (C=O) groups is 1. The zero-order chi connectivity index (χ0) is 6.85. The van der Waals surface area contributed by atoms with E-state index < -0.39 is 0 Å². The van der Waals surface area contributed by atoms with Crippen LogP contribution in [0.5, 0.6) is 0 Å². The molecule has 0 aromatic carbocycles. The van der Waals surface area contributed by atoms with Gasteiger partial charge in [-0.15, -0.1) is 0 Å². The monoisotopic (exact) mass is 147 g/mol. The molecule has 0 N–H and O–H groups in total. The third-order valence-electron chi connectivity index (χ3n) is 1.53. The summed E-state index contributed by atoms with van der Waals surface area (Å²) in [5.41, 5.74) is 0. The number of hydrogen-bond donors (Lipinski definition) is 0. The molecule has 1 aliphatic carbocycles. The second-order valence-corrected chi connectivity index (χ2v) is 2.90. The molecule has 0 aliphatic heterocycles. The number of nitrogens with zero attached hydrogens (tertiary/aromatic N) is 1. The second kappa shape index (κ2) is 2.56. The predicted octanol–water partition coefficient (Wildman–Crippen LogP) is 1.69. The van der Waals surface area contributed by atoms with E-state index in [1.54, 1.807) is 11.9 Å². The highest BCUT2D eigenvalue weighted by molar-refractivity contribution is 6.62. The zero-order valence-electron chi connectivity index (χ0n) is 5.43. The molecule has 0 aromatic rings. The Morgan fingerprint density at radius 1 is 1.78 bits per heavy atom. The quantitative estimate of drug-likeness (QED) is 0.430. The normalized spacial score (nSPS) is 17.6. The molecule has 1 aliphatic rings. The number of halogens is 1. The molecule has 1 rings (SSSR count). The topological polar surface area (TPSA) is 20.3 Å². The van der Waals surface area contributed by atoms with Crippen LogP contribution in [0, 0.1) is 5.92 Å². The minimum absolute atomic E-state index is 0.345. The summed E-state index contributed by atoms with van der Waals surface area (Å²) in [6, 6.07) is 0. The van der Waals surface area contributed by atoms with Gasteiger partial charge < -0.3 is 4.90 Å². The van der Waals surface area contributed by atoms with E-state index in [2.05, 4.69) is 0 Å². The first-order valence-corrected chi connectivity index (χ1v) is 3.48. The Kier molecular flexibility index (Phi) is 1.96. The molecule has 9 heavy (non-hydrogen) atoms. The molecular weight excluding hydrogens is 138 g/mol. The fraction of sp³-hybridized carbons (Fsp3) is 0.833. The molecule has 0 atom stereocenters. The molecule has 1 fully saturated rings. The summed E-state index contributed by atoms with van der Waals surface area (Å²) in [6.07, 6.45) is 2.52. The van der Waals surface area contributed by atoms with Crippen molar-refractivity contribution < 1.29 is 4.79 Å². The van der Waals surface area contributed by atoms with Crippen LogP contribution in [0.4, 0.5) is 4.79 Å². The highest BCUT2D eigenvalue weighted by atomic mass is 35.5. The Balaban J connectivity index is 2.16. The van der Waals surface area contributed by atoms with Crippen LogP contribution in [0.25, 0.3) is 0 Å². The minimum atomic E-state index is -0.345. The van der Waals surface area contributed by atoms with Crippen LogP contribution in [0.1, 0.15) is 12.8 Å². The summed E-state index contributed by atoms with van der Waals surface area (Å²) in [5, 5.41) is -0.345. The average Bonchev–Trinajstić information content (AvgIpc) is 2.50. The first-order valence-electron chi connectivity index (χ1n) is 3.10. The number of carbonyl (C=O) groups excluding carboxylic acids is 1. The van der Waals surface area contributed by atoms with Crippen LogP contribution in [0.2, 0.25) is 0 Å². The maximum Gasteiger partial charge on any atom is 0.316 e. The van der Waals surface area contributed by atoms with Crippen LogP contribution < -0.4 is 0 Å². The minimum Gasteiger partial charge on any atom is -0.332 e. The molecule has 0 bridgehead atoms. The molecular formula is C6H10ClNO. The van der Waals surface area contributed by atoms with Gasteiger partial charge in [0.15, 0.2) is 0 Å². The fourth-order valence-corrected chi connectivity index (χ4v) is 0.829. The lowest BCUT2D eigenvalue weighted by molar-refractivity contribution is 0.230. The summed E-state index contributed by atoms with van der Waals surface area (Å²) in [7, 11) is 1.73. The number of amides is 1. The van der Waals surface area contributed by atoms with Gasteiger partial charge in [-0.05, 0) is 30.4 Å². The van der Waals surface area contributed by atoms with Crippen molar-refractivity contribution in [2.24, 2.45) is 5.92 Å². The molecule has 52 valence electrons. The third-order valence-corrected chi connectivity index (χ3v) is 1.82. The van der Waals surface area contributed by atoms with Crippen molar-refractivity contribution in [2.45, 2.75) is 12.8 Å². The van der Waals surface area contributed by atoms with Gasteiger partial charge in [0.05, 0.1) is 0 Å². The van der Waals surface area contributed by atoms with E-state index in [-0.39, 0.29) is 5.37 Å². The summed E-state index contributed by atoms with van der Waals surface area (Å²) in [6.45, 7) is 0.836. The molecule has 0 saturated heterocycles. The van der Waals surface area contributed by atoms with Crippen molar-refractivity contribution in [1.82, 2.24) is 4.90 Å². The van der Waals surface area contributed by atoms with Gasteiger partial charge in [-0.3, -0.25) is 4.79 Å². The van der Waals surface area contributed by atoms with Crippen LogP contribution >= 0.6 is 11.6 Å². The standard InChI is InChI=1S/C6H10ClNO/c1-8(6(7)9)4-5-2-3-5/h5H,2-4H2,1H3. The highest BCUT2D eigenvalue weighted by Gasteiger charge is 2.23. The van der Waals surface area contributed by atoms with Crippen LogP contribution in [0.3, 0.4) is 0 Å². The molecule has 0 radical (unpaired) electrons. The van der Waals surface area contributed by atoms with E-state index in [4.69, 9.17) is 11.6 Å². The van der Waals surface area contributed by atoms with E-state index in [0.29, 0.717) is 0 Å². The lowest BCUT2D eigenvalue weighted by Gasteiger charge is -2.10. The van der Waals surface area contributed by atoms with Crippen LogP contribution in [0.15, 0.2) is 0 Å². The van der Waals surface area contributed by atoms with Gasteiger partial charge in [0.25, 0.3) is 0 Å². The maximum absolute atomic E-state index is 10.4. The van der Waals surface area contributed by atoms with Gasteiger partial charge in [-0.25, -0.2) is 0 Å². The molecule has 0 spiro atoms. The van der Waals surface area contributed by atoms with Gasteiger partial charge in [-0.1, -0.05) is 0 Å². The van der Waals surface area contributed by atoms with Crippen molar-refractivity contribution in [3.63, 3.8) is 0 Å². The molecule has 0 aromatic heterocycles. The van der Waals surface area contributed by atoms with Crippen molar-refractivity contribution >= 4 is 17.0 Å². The summed E-state index contributed by atoms with van der Waals surface area (Å²) in [5.74, 6) is 0.734. The molecule has 0 heterocycles. The first kappa shape index (κ1) is 6.87. The average molecular weight is 148 g/mol. The van der Waals surface area contributed by atoms with Crippen LogP contribution in [-0.4, -0.2) is 23.9 Å². The van der Waals surface area contributed by atoms with Gasteiger partial charge in [0.1, 0.15) is 0 Å². The van der Waals surface area contributed by atoms with E-state index in [0.717, 1.165) is 12.5 Å². The predicted molar refractivity (Wildman–Crippen MR) is 36.6 cm³/mol. The van der Waals surface area contributed by atoms with Gasteiger partial charge in [-0.2, -0.15) is 0 Å².